The van der Waals surface area contributed by atoms with E-state index in [0.29, 0.717) is 23.3 Å². The van der Waals surface area contributed by atoms with E-state index in [1.165, 1.54) is 5.56 Å². The van der Waals surface area contributed by atoms with Gasteiger partial charge in [-0.15, -0.1) is 0 Å². The Morgan fingerprint density at radius 3 is 2.07 bits per heavy atom. The predicted molar refractivity (Wildman–Crippen MR) is 108 cm³/mol. The topological polar surface area (TPSA) is 43.0 Å². The average molecular weight is 370 g/mol. The molecule has 5 heteroatoms. The number of piperidine rings is 1. The van der Waals surface area contributed by atoms with Gasteiger partial charge in [-0.25, -0.2) is 0 Å². The van der Waals surface area contributed by atoms with E-state index in [-0.39, 0.29) is 0 Å². The van der Waals surface area contributed by atoms with Crippen molar-refractivity contribution < 1.29 is 14.2 Å². The van der Waals surface area contributed by atoms with Crippen molar-refractivity contribution in [3.63, 3.8) is 0 Å². The Labute approximate surface area is 162 Å². The average Bonchev–Trinajstić information content (AvgIpc) is 2.73. The summed E-state index contributed by atoms with van der Waals surface area (Å²) in [6.45, 7) is 4.09. The van der Waals surface area contributed by atoms with Gasteiger partial charge < -0.3 is 19.5 Å². The molecule has 1 N–H and O–H groups in total. The van der Waals surface area contributed by atoms with Crippen LogP contribution in [0.4, 0.5) is 0 Å². The first-order valence-electron chi connectivity index (χ1n) is 9.52. The fraction of sp³-hybridized carbons (Fsp3) is 0.455. The minimum Gasteiger partial charge on any atom is -0.493 e. The van der Waals surface area contributed by atoms with Crippen LogP contribution in [0.2, 0.25) is 0 Å². The van der Waals surface area contributed by atoms with E-state index < -0.39 is 0 Å². The monoisotopic (exact) mass is 370 g/mol. The standard InChI is InChI=1S/C22H30N2O3/c1-25-20-13-18(14-21(26-2)22(20)27-3)15-23-19-9-11-24(12-10-19)16-17-7-5-4-6-8-17/h4-8,13-14,19,23H,9-12,15-16H2,1-3H3. The normalized spacial score (nSPS) is 15.5. The van der Waals surface area contributed by atoms with E-state index in [1.54, 1.807) is 21.3 Å². The molecule has 0 aromatic heterocycles. The molecular formula is C22H30N2O3. The van der Waals surface area contributed by atoms with Crippen molar-refractivity contribution in [1.82, 2.24) is 10.2 Å². The van der Waals surface area contributed by atoms with Crippen LogP contribution in [-0.2, 0) is 13.1 Å². The van der Waals surface area contributed by atoms with Gasteiger partial charge in [0.05, 0.1) is 21.3 Å². The number of methoxy groups -OCH3 is 3. The maximum Gasteiger partial charge on any atom is 0.203 e. The number of likely N-dealkylation sites (tertiary alicyclic amines) is 1. The van der Waals surface area contributed by atoms with E-state index >= 15 is 0 Å². The molecule has 0 atom stereocenters. The van der Waals surface area contributed by atoms with Crippen LogP contribution >= 0.6 is 0 Å². The van der Waals surface area contributed by atoms with Crippen molar-refractivity contribution in [2.45, 2.75) is 32.0 Å². The number of rotatable bonds is 8. The van der Waals surface area contributed by atoms with Crippen LogP contribution in [0.25, 0.3) is 0 Å². The number of ether oxygens (including phenoxy) is 3. The molecule has 0 amide bonds. The molecule has 1 aliphatic rings. The first-order valence-corrected chi connectivity index (χ1v) is 9.52. The van der Waals surface area contributed by atoms with Gasteiger partial charge in [0.2, 0.25) is 5.75 Å². The lowest BCUT2D eigenvalue weighted by molar-refractivity contribution is 0.190. The Bertz CT molecular complexity index is 688. The molecule has 1 fully saturated rings. The molecule has 27 heavy (non-hydrogen) atoms. The maximum absolute atomic E-state index is 5.44. The van der Waals surface area contributed by atoms with Crippen molar-refractivity contribution in [2.75, 3.05) is 34.4 Å². The molecule has 0 aliphatic carbocycles. The van der Waals surface area contributed by atoms with Crippen molar-refractivity contribution >= 4 is 0 Å². The molecule has 1 saturated heterocycles. The quantitative estimate of drug-likeness (QED) is 0.771. The highest BCUT2D eigenvalue weighted by Crippen LogP contribution is 2.38. The molecule has 0 unspecified atom stereocenters. The van der Waals surface area contributed by atoms with Crippen LogP contribution in [0.1, 0.15) is 24.0 Å². The van der Waals surface area contributed by atoms with Gasteiger partial charge in [-0.1, -0.05) is 30.3 Å². The predicted octanol–water partition coefficient (Wildman–Crippen LogP) is 3.47. The Hall–Kier alpha value is -2.24. The third kappa shape index (κ3) is 5.15. The van der Waals surface area contributed by atoms with Crippen LogP contribution in [0.3, 0.4) is 0 Å². The van der Waals surface area contributed by atoms with Crippen LogP contribution in [0, 0.1) is 0 Å². The van der Waals surface area contributed by atoms with E-state index in [1.807, 2.05) is 12.1 Å². The molecule has 3 rings (SSSR count). The highest BCUT2D eigenvalue weighted by Gasteiger charge is 2.19. The fourth-order valence-electron chi connectivity index (χ4n) is 3.64. The van der Waals surface area contributed by atoms with E-state index in [0.717, 1.165) is 44.6 Å². The summed E-state index contributed by atoms with van der Waals surface area (Å²) >= 11 is 0. The summed E-state index contributed by atoms with van der Waals surface area (Å²) in [6.07, 6.45) is 2.33. The maximum atomic E-state index is 5.44. The van der Waals surface area contributed by atoms with Crippen LogP contribution in [0.5, 0.6) is 17.2 Å². The van der Waals surface area contributed by atoms with Crippen LogP contribution in [-0.4, -0.2) is 45.4 Å². The zero-order valence-electron chi connectivity index (χ0n) is 16.5. The summed E-state index contributed by atoms with van der Waals surface area (Å²) in [7, 11) is 4.93. The highest BCUT2D eigenvalue weighted by atomic mass is 16.5. The molecule has 0 spiro atoms. The molecule has 2 aromatic carbocycles. The number of nitrogens with zero attached hydrogens (tertiary/aromatic N) is 1. The summed E-state index contributed by atoms with van der Waals surface area (Å²) < 4.78 is 16.3. The summed E-state index contributed by atoms with van der Waals surface area (Å²) in [5.41, 5.74) is 2.53. The van der Waals surface area contributed by atoms with Gasteiger partial charge in [0.15, 0.2) is 11.5 Å². The van der Waals surface area contributed by atoms with Gasteiger partial charge in [0.1, 0.15) is 0 Å². The van der Waals surface area contributed by atoms with Crippen molar-refractivity contribution in [2.24, 2.45) is 0 Å². The van der Waals surface area contributed by atoms with Gasteiger partial charge in [-0.2, -0.15) is 0 Å². The molecule has 0 bridgehead atoms. The van der Waals surface area contributed by atoms with E-state index in [4.69, 9.17) is 14.2 Å². The Kier molecular flexibility index (Phi) is 6.96. The number of benzene rings is 2. The Morgan fingerprint density at radius 2 is 1.52 bits per heavy atom. The van der Waals surface area contributed by atoms with Crippen molar-refractivity contribution in [3.8, 4) is 17.2 Å². The zero-order valence-corrected chi connectivity index (χ0v) is 16.5. The minimum atomic E-state index is 0.538. The highest BCUT2D eigenvalue weighted by molar-refractivity contribution is 5.53. The van der Waals surface area contributed by atoms with Gasteiger partial charge in [0, 0.05) is 19.1 Å². The lowest BCUT2D eigenvalue weighted by atomic mass is 10.0. The molecular weight excluding hydrogens is 340 g/mol. The summed E-state index contributed by atoms with van der Waals surface area (Å²) in [5.74, 6) is 2.04. The zero-order chi connectivity index (χ0) is 19.1. The second-order valence-corrected chi connectivity index (χ2v) is 6.95. The van der Waals surface area contributed by atoms with Gasteiger partial charge in [-0.3, -0.25) is 4.90 Å². The molecule has 1 aliphatic heterocycles. The molecule has 2 aromatic rings. The number of hydrogen-bond acceptors (Lipinski definition) is 5. The number of hydrogen-bond donors (Lipinski definition) is 1. The SMILES string of the molecule is COc1cc(CNC2CCN(Cc3ccccc3)CC2)cc(OC)c1OC. The van der Waals surface area contributed by atoms with Crippen LogP contribution in [0.15, 0.2) is 42.5 Å². The minimum absolute atomic E-state index is 0.538. The molecule has 1 heterocycles. The lowest BCUT2D eigenvalue weighted by Gasteiger charge is -2.32. The fourth-order valence-corrected chi connectivity index (χ4v) is 3.64. The molecule has 146 valence electrons. The smallest absolute Gasteiger partial charge is 0.203 e. The van der Waals surface area contributed by atoms with Crippen molar-refractivity contribution in [3.05, 3.63) is 53.6 Å². The summed E-state index contributed by atoms with van der Waals surface area (Å²) in [4.78, 5) is 2.53. The molecule has 5 nitrogen and oxygen atoms in total. The van der Waals surface area contributed by atoms with Gasteiger partial charge in [-0.05, 0) is 49.2 Å². The van der Waals surface area contributed by atoms with E-state index in [2.05, 4.69) is 40.5 Å². The molecule has 0 radical (unpaired) electrons. The first kappa shape index (κ1) is 19.5. The van der Waals surface area contributed by atoms with Crippen molar-refractivity contribution in [1.29, 1.82) is 0 Å². The van der Waals surface area contributed by atoms with Crippen LogP contribution < -0.4 is 19.5 Å². The summed E-state index contributed by atoms with van der Waals surface area (Å²) in [6, 6.07) is 15.3. The Balaban J connectivity index is 1.51. The Morgan fingerprint density at radius 1 is 0.889 bits per heavy atom. The lowest BCUT2D eigenvalue weighted by Crippen LogP contribution is -2.41. The third-order valence-electron chi connectivity index (χ3n) is 5.16. The largest absolute Gasteiger partial charge is 0.493 e. The molecule has 0 saturated carbocycles. The third-order valence-corrected chi connectivity index (χ3v) is 5.16. The van der Waals surface area contributed by atoms with Gasteiger partial charge >= 0.3 is 0 Å². The second-order valence-electron chi connectivity index (χ2n) is 6.95. The number of nitrogens with one attached hydrogen (secondary N) is 1. The second kappa shape index (κ2) is 9.62. The van der Waals surface area contributed by atoms with Gasteiger partial charge in [0.25, 0.3) is 0 Å². The summed E-state index contributed by atoms with van der Waals surface area (Å²) in [5, 5.41) is 3.68. The van der Waals surface area contributed by atoms with E-state index in [9.17, 15) is 0 Å². The first-order chi connectivity index (χ1) is 13.2.